The average Bonchev–Trinajstić information content (AvgIpc) is 2.41. The molecule has 4 nitrogen and oxygen atoms in total. The molecule has 1 aromatic heterocycles. The maximum absolute atomic E-state index is 12.4. The molecule has 0 saturated carbocycles. The van der Waals surface area contributed by atoms with E-state index in [-0.39, 0.29) is 11.1 Å². The zero-order chi connectivity index (χ0) is 14.0. The molecule has 0 N–H and O–H groups in total. The van der Waals surface area contributed by atoms with Crippen LogP contribution >= 0.6 is 23.2 Å². The molecule has 6 heteroatoms. The molecule has 2 heterocycles. The summed E-state index contributed by atoms with van der Waals surface area (Å²) in [6, 6.07) is 1.99. The Balaban J connectivity index is 2.13. The van der Waals surface area contributed by atoms with Gasteiger partial charge in [-0.2, -0.15) is 0 Å². The Morgan fingerprint density at radius 3 is 2.84 bits per heavy atom. The molecule has 2 rings (SSSR count). The number of carbonyl (C=O) groups excluding carboxylic acids is 1. The number of aromatic nitrogens is 1. The Morgan fingerprint density at radius 1 is 1.47 bits per heavy atom. The highest BCUT2D eigenvalue weighted by Crippen LogP contribution is 2.21. The summed E-state index contributed by atoms with van der Waals surface area (Å²) in [5.74, 6) is -0.0300. The quantitative estimate of drug-likeness (QED) is 0.788. The van der Waals surface area contributed by atoms with Crippen molar-refractivity contribution in [3.63, 3.8) is 0 Å². The molecular weight excluding hydrogens is 285 g/mol. The smallest absolute Gasteiger partial charge is 0.255 e. The van der Waals surface area contributed by atoms with Crippen molar-refractivity contribution in [1.82, 2.24) is 14.8 Å². The predicted molar refractivity (Wildman–Crippen MR) is 76.9 cm³/mol. The molecule has 1 aliphatic rings. The van der Waals surface area contributed by atoms with E-state index in [0.29, 0.717) is 16.6 Å². The number of nitrogens with zero attached hydrogens (tertiary/aromatic N) is 3. The van der Waals surface area contributed by atoms with E-state index in [2.05, 4.69) is 23.9 Å². The van der Waals surface area contributed by atoms with Gasteiger partial charge < -0.3 is 4.90 Å². The molecule has 0 bridgehead atoms. The predicted octanol–water partition coefficient (Wildman–Crippen LogP) is 2.55. The zero-order valence-corrected chi connectivity index (χ0v) is 12.6. The number of rotatable bonds is 2. The highest BCUT2D eigenvalue weighted by atomic mass is 35.5. The third kappa shape index (κ3) is 3.19. The van der Waals surface area contributed by atoms with Crippen molar-refractivity contribution in [3.8, 4) is 0 Å². The van der Waals surface area contributed by atoms with Crippen LogP contribution in [0.3, 0.4) is 0 Å². The molecule has 104 valence electrons. The molecule has 1 aromatic rings. The molecule has 1 unspecified atom stereocenters. The molecule has 0 spiro atoms. The third-order valence-electron chi connectivity index (χ3n) is 3.58. The topological polar surface area (TPSA) is 36.4 Å². The van der Waals surface area contributed by atoms with Gasteiger partial charge in [-0.15, -0.1) is 0 Å². The van der Waals surface area contributed by atoms with E-state index in [0.717, 1.165) is 26.1 Å². The first-order valence-electron chi connectivity index (χ1n) is 6.33. The van der Waals surface area contributed by atoms with Gasteiger partial charge in [0.15, 0.2) is 0 Å². The van der Waals surface area contributed by atoms with Crippen LogP contribution in [-0.2, 0) is 0 Å². The standard InChI is InChI=1S/C13H17Cl2N3O/c1-3-10-8-18(5-4-17(10)2)13(19)9-6-11(14)12(15)16-7-9/h6-7,10H,3-5,8H2,1-2H3. The molecule has 1 aliphatic heterocycles. The molecule has 1 atom stereocenters. The lowest BCUT2D eigenvalue weighted by atomic mass is 10.1. The minimum Gasteiger partial charge on any atom is -0.336 e. The van der Waals surface area contributed by atoms with Crippen LogP contribution in [0.15, 0.2) is 12.3 Å². The summed E-state index contributed by atoms with van der Waals surface area (Å²) in [4.78, 5) is 20.5. The van der Waals surface area contributed by atoms with Crippen molar-refractivity contribution in [3.05, 3.63) is 28.0 Å². The number of hydrogen-bond acceptors (Lipinski definition) is 3. The Bertz CT molecular complexity index is 481. The van der Waals surface area contributed by atoms with Gasteiger partial charge in [0.2, 0.25) is 0 Å². The Kier molecular flexibility index (Phi) is 4.66. The highest BCUT2D eigenvalue weighted by molar-refractivity contribution is 6.41. The molecule has 1 amide bonds. The fourth-order valence-corrected chi connectivity index (χ4v) is 2.56. The van der Waals surface area contributed by atoms with Gasteiger partial charge >= 0.3 is 0 Å². The summed E-state index contributed by atoms with van der Waals surface area (Å²) in [6.45, 7) is 4.49. The Morgan fingerprint density at radius 2 is 2.21 bits per heavy atom. The molecule has 0 radical (unpaired) electrons. The van der Waals surface area contributed by atoms with Gasteiger partial charge in [-0.1, -0.05) is 30.1 Å². The monoisotopic (exact) mass is 301 g/mol. The van der Waals surface area contributed by atoms with Crippen molar-refractivity contribution in [1.29, 1.82) is 0 Å². The molecule has 1 fully saturated rings. The largest absolute Gasteiger partial charge is 0.336 e. The minimum atomic E-state index is -0.0300. The van der Waals surface area contributed by atoms with Gasteiger partial charge in [0.05, 0.1) is 10.6 Å². The lowest BCUT2D eigenvalue weighted by Crippen LogP contribution is -2.52. The van der Waals surface area contributed by atoms with E-state index < -0.39 is 0 Å². The average molecular weight is 302 g/mol. The van der Waals surface area contributed by atoms with Gasteiger partial charge in [0, 0.05) is 31.9 Å². The second-order valence-electron chi connectivity index (χ2n) is 4.79. The van der Waals surface area contributed by atoms with Crippen LogP contribution in [0.5, 0.6) is 0 Å². The maximum atomic E-state index is 12.4. The molecule has 0 aliphatic carbocycles. The van der Waals surface area contributed by atoms with E-state index in [4.69, 9.17) is 23.2 Å². The fraction of sp³-hybridized carbons (Fsp3) is 0.538. The van der Waals surface area contributed by atoms with Crippen LogP contribution in [0.4, 0.5) is 0 Å². The highest BCUT2D eigenvalue weighted by Gasteiger charge is 2.27. The van der Waals surface area contributed by atoms with Crippen molar-refractivity contribution in [2.24, 2.45) is 0 Å². The van der Waals surface area contributed by atoms with E-state index in [9.17, 15) is 4.79 Å². The number of hydrogen-bond donors (Lipinski definition) is 0. The summed E-state index contributed by atoms with van der Waals surface area (Å²) >= 11 is 11.7. The van der Waals surface area contributed by atoms with Gasteiger partial charge in [-0.05, 0) is 19.5 Å². The van der Waals surface area contributed by atoms with Crippen LogP contribution in [0, 0.1) is 0 Å². The fourth-order valence-electron chi connectivity index (χ4n) is 2.29. The van der Waals surface area contributed by atoms with Crippen molar-refractivity contribution in [2.45, 2.75) is 19.4 Å². The van der Waals surface area contributed by atoms with E-state index in [1.807, 2.05) is 4.90 Å². The van der Waals surface area contributed by atoms with Gasteiger partial charge in [0.1, 0.15) is 5.15 Å². The molecule has 19 heavy (non-hydrogen) atoms. The summed E-state index contributed by atoms with van der Waals surface area (Å²) in [5, 5.41) is 0.539. The van der Waals surface area contributed by atoms with Crippen LogP contribution in [0.2, 0.25) is 10.2 Å². The number of piperazine rings is 1. The lowest BCUT2D eigenvalue weighted by molar-refractivity contribution is 0.0541. The van der Waals surface area contributed by atoms with Gasteiger partial charge in [0.25, 0.3) is 5.91 Å². The number of likely N-dealkylation sites (N-methyl/N-ethyl adjacent to an activating group) is 1. The number of pyridine rings is 1. The van der Waals surface area contributed by atoms with Crippen LogP contribution in [-0.4, -0.2) is 53.4 Å². The molecular formula is C13H17Cl2N3O. The lowest BCUT2D eigenvalue weighted by Gasteiger charge is -2.39. The van der Waals surface area contributed by atoms with Crippen molar-refractivity contribution < 1.29 is 4.79 Å². The second-order valence-corrected chi connectivity index (χ2v) is 5.56. The minimum absolute atomic E-state index is 0.0300. The van der Waals surface area contributed by atoms with E-state index in [1.165, 1.54) is 6.20 Å². The zero-order valence-electron chi connectivity index (χ0n) is 11.1. The first kappa shape index (κ1) is 14.6. The van der Waals surface area contributed by atoms with E-state index in [1.54, 1.807) is 6.07 Å². The normalized spacial score (nSPS) is 20.6. The first-order chi connectivity index (χ1) is 9.02. The van der Waals surface area contributed by atoms with Crippen LogP contribution in [0.1, 0.15) is 23.7 Å². The maximum Gasteiger partial charge on any atom is 0.255 e. The summed E-state index contributed by atoms with van der Waals surface area (Å²) in [5.41, 5.74) is 0.494. The number of halogens is 2. The van der Waals surface area contributed by atoms with Crippen LogP contribution < -0.4 is 0 Å². The molecule has 0 aromatic carbocycles. The number of carbonyl (C=O) groups is 1. The molecule has 1 saturated heterocycles. The van der Waals surface area contributed by atoms with Crippen LogP contribution in [0.25, 0.3) is 0 Å². The summed E-state index contributed by atoms with van der Waals surface area (Å²) < 4.78 is 0. The number of amides is 1. The third-order valence-corrected chi connectivity index (χ3v) is 4.26. The first-order valence-corrected chi connectivity index (χ1v) is 7.09. The van der Waals surface area contributed by atoms with Gasteiger partial charge in [-0.25, -0.2) is 4.98 Å². The SMILES string of the molecule is CCC1CN(C(=O)c2cnc(Cl)c(Cl)c2)CCN1C. The second kappa shape index (κ2) is 6.07. The van der Waals surface area contributed by atoms with Crippen molar-refractivity contribution >= 4 is 29.1 Å². The Hall–Kier alpha value is -0.840. The van der Waals surface area contributed by atoms with Gasteiger partial charge in [-0.3, -0.25) is 9.69 Å². The summed E-state index contributed by atoms with van der Waals surface area (Å²) in [6.07, 6.45) is 2.51. The summed E-state index contributed by atoms with van der Waals surface area (Å²) in [7, 11) is 2.09. The van der Waals surface area contributed by atoms with E-state index >= 15 is 0 Å². The van der Waals surface area contributed by atoms with Crippen molar-refractivity contribution in [2.75, 3.05) is 26.7 Å². The Labute approximate surface area is 123 Å².